The van der Waals surface area contributed by atoms with E-state index < -0.39 is 0 Å². The zero-order valence-electron chi connectivity index (χ0n) is 17.6. The van der Waals surface area contributed by atoms with Crippen molar-refractivity contribution in [2.45, 2.75) is 39.7 Å². The van der Waals surface area contributed by atoms with Gasteiger partial charge in [0.05, 0.1) is 5.39 Å². The number of amides is 1. The fraction of sp³-hybridized carbons (Fsp3) is 0.375. The topological polar surface area (TPSA) is 67.2 Å². The van der Waals surface area contributed by atoms with E-state index in [1.165, 1.54) is 10.2 Å². The molecule has 0 radical (unpaired) electrons. The van der Waals surface area contributed by atoms with Crippen molar-refractivity contribution < 1.29 is 4.79 Å². The summed E-state index contributed by atoms with van der Waals surface area (Å²) < 4.78 is 1.30. The fourth-order valence-electron chi connectivity index (χ4n) is 3.94. The van der Waals surface area contributed by atoms with Crippen molar-refractivity contribution in [2.24, 2.45) is 5.92 Å². The van der Waals surface area contributed by atoms with Crippen LogP contribution in [-0.4, -0.2) is 28.8 Å². The first-order valence-electron chi connectivity index (χ1n) is 10.7. The molecule has 30 heavy (non-hydrogen) atoms. The van der Waals surface area contributed by atoms with E-state index in [-0.39, 0.29) is 18.0 Å². The van der Waals surface area contributed by atoms with Crippen LogP contribution in [0.2, 0.25) is 0 Å². The van der Waals surface area contributed by atoms with Crippen LogP contribution in [0.25, 0.3) is 10.8 Å². The van der Waals surface area contributed by atoms with E-state index in [1.54, 1.807) is 0 Å². The summed E-state index contributed by atoms with van der Waals surface area (Å²) in [6.45, 7) is 6.06. The molecule has 0 bridgehead atoms. The Morgan fingerprint density at radius 3 is 2.40 bits per heavy atom. The monoisotopic (exact) mass is 404 g/mol. The number of aryl methyl sites for hydroxylation is 1. The number of carbonyl (C=O) groups excluding carboxylic acids is 1. The van der Waals surface area contributed by atoms with Gasteiger partial charge in [-0.25, -0.2) is 4.68 Å². The summed E-state index contributed by atoms with van der Waals surface area (Å²) in [5.74, 6) is 1.22. The van der Waals surface area contributed by atoms with Crippen molar-refractivity contribution in [3.63, 3.8) is 0 Å². The lowest BCUT2D eigenvalue weighted by atomic mass is 9.99. The number of benzene rings is 2. The predicted octanol–water partition coefficient (Wildman–Crippen LogP) is 3.83. The highest BCUT2D eigenvalue weighted by Crippen LogP contribution is 2.26. The van der Waals surface area contributed by atoms with Crippen LogP contribution >= 0.6 is 0 Å². The zero-order valence-corrected chi connectivity index (χ0v) is 17.6. The highest BCUT2D eigenvalue weighted by Gasteiger charge is 2.21. The van der Waals surface area contributed by atoms with Gasteiger partial charge in [0.15, 0.2) is 5.82 Å². The number of piperidine rings is 1. The number of nitrogens with one attached hydrogen (secondary N) is 1. The average molecular weight is 405 g/mol. The Labute approximate surface area is 176 Å². The molecular weight excluding hydrogens is 376 g/mol. The van der Waals surface area contributed by atoms with Gasteiger partial charge in [0.1, 0.15) is 6.54 Å². The van der Waals surface area contributed by atoms with Gasteiger partial charge in [-0.3, -0.25) is 9.59 Å². The molecule has 1 fully saturated rings. The Morgan fingerprint density at radius 2 is 1.73 bits per heavy atom. The van der Waals surface area contributed by atoms with E-state index in [0.717, 1.165) is 49.2 Å². The SMILES string of the molecule is CCc1ccc(NC(=O)Cn2nc(N3CCC(C)CC3)c3ccccc3c2=O)cc1. The second-order valence-corrected chi connectivity index (χ2v) is 8.10. The summed E-state index contributed by atoms with van der Waals surface area (Å²) in [7, 11) is 0. The van der Waals surface area contributed by atoms with E-state index in [4.69, 9.17) is 0 Å². The standard InChI is InChI=1S/C24H28N4O2/c1-3-18-8-10-19(11-9-18)25-22(29)16-28-24(30)21-7-5-4-6-20(21)23(26-28)27-14-12-17(2)13-15-27/h4-11,17H,3,12-16H2,1-2H3,(H,25,29). The van der Waals surface area contributed by atoms with E-state index >= 15 is 0 Å². The number of anilines is 2. The first-order chi connectivity index (χ1) is 14.5. The van der Waals surface area contributed by atoms with Gasteiger partial charge in [-0.05, 0) is 48.9 Å². The van der Waals surface area contributed by atoms with E-state index in [2.05, 4.69) is 29.2 Å². The van der Waals surface area contributed by atoms with Crippen LogP contribution in [0.4, 0.5) is 11.5 Å². The van der Waals surface area contributed by atoms with Gasteiger partial charge in [-0.1, -0.05) is 44.2 Å². The number of aromatic nitrogens is 2. The summed E-state index contributed by atoms with van der Waals surface area (Å²) in [5.41, 5.74) is 1.69. The molecule has 6 nitrogen and oxygen atoms in total. The van der Waals surface area contributed by atoms with E-state index in [1.807, 2.05) is 48.5 Å². The maximum Gasteiger partial charge on any atom is 0.275 e. The van der Waals surface area contributed by atoms with Crippen molar-refractivity contribution in [1.82, 2.24) is 9.78 Å². The quantitative estimate of drug-likeness (QED) is 0.702. The van der Waals surface area contributed by atoms with Crippen molar-refractivity contribution in [3.05, 3.63) is 64.4 Å². The van der Waals surface area contributed by atoms with Gasteiger partial charge >= 0.3 is 0 Å². The third-order valence-electron chi connectivity index (χ3n) is 5.87. The smallest absolute Gasteiger partial charge is 0.275 e. The van der Waals surface area contributed by atoms with Gasteiger partial charge in [0.2, 0.25) is 5.91 Å². The Hall–Kier alpha value is -3.15. The minimum absolute atomic E-state index is 0.115. The molecule has 1 N–H and O–H groups in total. The Balaban J connectivity index is 1.62. The molecule has 4 rings (SSSR count). The van der Waals surface area contributed by atoms with Crippen LogP contribution in [0.1, 0.15) is 32.3 Å². The fourth-order valence-corrected chi connectivity index (χ4v) is 3.94. The lowest BCUT2D eigenvalue weighted by molar-refractivity contribution is -0.117. The van der Waals surface area contributed by atoms with Crippen molar-refractivity contribution in [2.75, 3.05) is 23.3 Å². The number of hydrogen-bond acceptors (Lipinski definition) is 4. The maximum absolute atomic E-state index is 13.0. The second-order valence-electron chi connectivity index (χ2n) is 8.10. The molecule has 0 aliphatic carbocycles. The lowest BCUT2D eigenvalue weighted by Crippen LogP contribution is -2.37. The van der Waals surface area contributed by atoms with Crippen LogP contribution in [0.5, 0.6) is 0 Å². The molecule has 2 heterocycles. The van der Waals surface area contributed by atoms with Gasteiger partial charge in [-0.2, -0.15) is 5.10 Å². The normalized spacial score (nSPS) is 14.8. The molecule has 0 atom stereocenters. The Bertz CT molecular complexity index is 1100. The first kappa shape index (κ1) is 20.1. The number of nitrogens with zero attached hydrogens (tertiary/aromatic N) is 3. The number of carbonyl (C=O) groups is 1. The molecule has 1 aliphatic heterocycles. The molecule has 1 amide bonds. The van der Waals surface area contributed by atoms with Crippen molar-refractivity contribution in [1.29, 1.82) is 0 Å². The summed E-state index contributed by atoms with van der Waals surface area (Å²) >= 11 is 0. The molecule has 0 spiro atoms. The number of rotatable bonds is 5. The van der Waals surface area contributed by atoms with Crippen LogP contribution in [-0.2, 0) is 17.8 Å². The van der Waals surface area contributed by atoms with Crippen LogP contribution in [0, 0.1) is 5.92 Å². The first-order valence-corrected chi connectivity index (χ1v) is 10.7. The highest BCUT2D eigenvalue weighted by atomic mass is 16.2. The third-order valence-corrected chi connectivity index (χ3v) is 5.87. The molecule has 2 aromatic carbocycles. The highest BCUT2D eigenvalue weighted by molar-refractivity contribution is 5.93. The van der Waals surface area contributed by atoms with Gasteiger partial charge in [0, 0.05) is 24.2 Å². The molecule has 1 saturated heterocycles. The molecular formula is C24H28N4O2. The minimum atomic E-state index is -0.262. The van der Waals surface area contributed by atoms with E-state index in [0.29, 0.717) is 11.3 Å². The molecule has 1 aromatic heterocycles. The molecule has 0 saturated carbocycles. The van der Waals surface area contributed by atoms with E-state index in [9.17, 15) is 9.59 Å². The van der Waals surface area contributed by atoms with Gasteiger partial charge in [-0.15, -0.1) is 0 Å². The number of fused-ring (bicyclic) bond motifs is 1. The Kier molecular flexibility index (Phi) is 5.84. The van der Waals surface area contributed by atoms with Crippen LogP contribution in [0.15, 0.2) is 53.3 Å². The zero-order chi connectivity index (χ0) is 21.1. The molecule has 156 valence electrons. The molecule has 6 heteroatoms. The summed E-state index contributed by atoms with van der Waals surface area (Å²) in [6.07, 6.45) is 3.15. The number of hydrogen-bond donors (Lipinski definition) is 1. The summed E-state index contributed by atoms with van der Waals surface area (Å²) in [5, 5.41) is 8.95. The van der Waals surface area contributed by atoms with Crippen molar-refractivity contribution >= 4 is 28.2 Å². The van der Waals surface area contributed by atoms with Gasteiger partial charge < -0.3 is 10.2 Å². The molecule has 3 aromatic rings. The third kappa shape index (κ3) is 4.22. The minimum Gasteiger partial charge on any atom is -0.355 e. The average Bonchev–Trinajstić information content (AvgIpc) is 2.77. The van der Waals surface area contributed by atoms with Crippen molar-refractivity contribution in [3.8, 4) is 0 Å². The molecule has 1 aliphatic rings. The Morgan fingerprint density at radius 1 is 1.07 bits per heavy atom. The lowest BCUT2D eigenvalue weighted by Gasteiger charge is -2.32. The predicted molar refractivity (Wildman–Crippen MR) is 121 cm³/mol. The molecule has 0 unspecified atom stereocenters. The summed E-state index contributed by atoms with van der Waals surface area (Å²) in [6, 6.07) is 15.3. The van der Waals surface area contributed by atoms with Crippen LogP contribution in [0.3, 0.4) is 0 Å². The largest absolute Gasteiger partial charge is 0.355 e. The summed E-state index contributed by atoms with van der Waals surface area (Å²) in [4.78, 5) is 27.9. The second kappa shape index (κ2) is 8.69. The van der Waals surface area contributed by atoms with Crippen LogP contribution < -0.4 is 15.8 Å². The van der Waals surface area contributed by atoms with Gasteiger partial charge in [0.25, 0.3) is 5.56 Å². The maximum atomic E-state index is 13.0.